The van der Waals surface area contributed by atoms with Crippen molar-refractivity contribution in [2.75, 3.05) is 32.8 Å². The SMILES string of the molecule is O=C(c1ccc(Oc2ccccc2)cc1)N1CCN(C(=O)[C@@H]2CCCO2)CC1. The van der Waals surface area contributed by atoms with Crippen LogP contribution < -0.4 is 4.74 Å². The standard InChI is InChI=1S/C22H24N2O4/c25-21(17-8-10-19(11-9-17)28-18-5-2-1-3-6-18)23-12-14-24(15-13-23)22(26)20-7-4-16-27-20/h1-3,5-6,8-11,20H,4,7,12-16H2/t20-/m0/s1. The van der Waals surface area contributed by atoms with Crippen LogP contribution >= 0.6 is 0 Å². The highest BCUT2D eigenvalue weighted by atomic mass is 16.5. The van der Waals surface area contributed by atoms with Crippen LogP contribution in [0.2, 0.25) is 0 Å². The van der Waals surface area contributed by atoms with E-state index in [4.69, 9.17) is 9.47 Å². The van der Waals surface area contributed by atoms with Crippen LogP contribution in [-0.2, 0) is 9.53 Å². The largest absolute Gasteiger partial charge is 0.457 e. The topological polar surface area (TPSA) is 59.1 Å². The third-order valence-electron chi connectivity index (χ3n) is 5.16. The van der Waals surface area contributed by atoms with Crippen molar-refractivity contribution >= 4 is 11.8 Å². The van der Waals surface area contributed by atoms with Gasteiger partial charge in [0.1, 0.15) is 17.6 Å². The van der Waals surface area contributed by atoms with Crippen LogP contribution in [0, 0.1) is 0 Å². The number of carbonyl (C=O) groups excluding carboxylic acids is 2. The van der Waals surface area contributed by atoms with Gasteiger partial charge in [-0.2, -0.15) is 0 Å². The van der Waals surface area contributed by atoms with E-state index in [-0.39, 0.29) is 17.9 Å². The van der Waals surface area contributed by atoms with E-state index in [2.05, 4.69) is 0 Å². The van der Waals surface area contributed by atoms with Crippen LogP contribution in [0.15, 0.2) is 54.6 Å². The molecule has 0 bridgehead atoms. The van der Waals surface area contributed by atoms with Crippen molar-refractivity contribution in [3.05, 3.63) is 60.2 Å². The predicted octanol–water partition coefficient (Wildman–Crippen LogP) is 2.94. The van der Waals surface area contributed by atoms with Gasteiger partial charge in [0.25, 0.3) is 11.8 Å². The number of piperazine rings is 1. The lowest BCUT2D eigenvalue weighted by Gasteiger charge is -2.35. The van der Waals surface area contributed by atoms with E-state index >= 15 is 0 Å². The average molecular weight is 380 g/mol. The Hall–Kier alpha value is -2.86. The summed E-state index contributed by atoms with van der Waals surface area (Å²) in [6, 6.07) is 16.7. The third-order valence-corrected chi connectivity index (χ3v) is 5.16. The van der Waals surface area contributed by atoms with Gasteiger partial charge in [0.05, 0.1) is 0 Å². The highest BCUT2D eigenvalue weighted by molar-refractivity contribution is 5.94. The van der Waals surface area contributed by atoms with Gasteiger partial charge in [-0.3, -0.25) is 9.59 Å². The number of amides is 2. The second-order valence-corrected chi connectivity index (χ2v) is 7.06. The first-order chi connectivity index (χ1) is 13.7. The zero-order valence-corrected chi connectivity index (χ0v) is 15.8. The number of hydrogen-bond acceptors (Lipinski definition) is 4. The zero-order chi connectivity index (χ0) is 19.3. The monoisotopic (exact) mass is 380 g/mol. The minimum atomic E-state index is -0.292. The Morgan fingerprint density at radius 3 is 2.14 bits per heavy atom. The summed E-state index contributed by atoms with van der Waals surface area (Å²) >= 11 is 0. The van der Waals surface area contributed by atoms with E-state index in [0.29, 0.717) is 44.1 Å². The predicted molar refractivity (Wildman–Crippen MR) is 104 cm³/mol. The molecule has 0 aliphatic carbocycles. The van der Waals surface area contributed by atoms with Crippen LogP contribution in [0.1, 0.15) is 23.2 Å². The first-order valence-corrected chi connectivity index (χ1v) is 9.73. The number of hydrogen-bond donors (Lipinski definition) is 0. The highest BCUT2D eigenvalue weighted by Crippen LogP contribution is 2.22. The first-order valence-electron chi connectivity index (χ1n) is 9.73. The zero-order valence-electron chi connectivity index (χ0n) is 15.8. The Labute approximate surface area is 164 Å². The quantitative estimate of drug-likeness (QED) is 0.818. The number of benzene rings is 2. The van der Waals surface area contributed by atoms with Crippen LogP contribution in [0.3, 0.4) is 0 Å². The Morgan fingerprint density at radius 2 is 1.50 bits per heavy atom. The second-order valence-electron chi connectivity index (χ2n) is 7.06. The lowest BCUT2D eigenvalue weighted by molar-refractivity contribution is -0.142. The molecule has 0 aromatic heterocycles. The van der Waals surface area contributed by atoms with Crippen molar-refractivity contribution < 1.29 is 19.1 Å². The maximum absolute atomic E-state index is 12.8. The van der Waals surface area contributed by atoms with Crippen LogP contribution in [0.4, 0.5) is 0 Å². The fraction of sp³-hybridized carbons (Fsp3) is 0.364. The van der Waals surface area contributed by atoms with Crippen molar-refractivity contribution in [1.29, 1.82) is 0 Å². The molecule has 1 atom stereocenters. The Kier molecular flexibility index (Phi) is 5.58. The van der Waals surface area contributed by atoms with Gasteiger partial charge in [-0.25, -0.2) is 0 Å². The van der Waals surface area contributed by atoms with Crippen molar-refractivity contribution in [1.82, 2.24) is 9.80 Å². The summed E-state index contributed by atoms with van der Waals surface area (Å²) < 4.78 is 11.2. The van der Waals surface area contributed by atoms with Gasteiger partial charge < -0.3 is 19.3 Å². The van der Waals surface area contributed by atoms with E-state index < -0.39 is 0 Å². The molecule has 0 spiro atoms. The summed E-state index contributed by atoms with van der Waals surface area (Å²) in [5.41, 5.74) is 0.624. The summed E-state index contributed by atoms with van der Waals surface area (Å²) in [7, 11) is 0. The molecular weight excluding hydrogens is 356 g/mol. The van der Waals surface area contributed by atoms with E-state index in [9.17, 15) is 9.59 Å². The molecule has 6 heteroatoms. The molecule has 28 heavy (non-hydrogen) atoms. The van der Waals surface area contributed by atoms with E-state index in [1.54, 1.807) is 29.2 Å². The number of carbonyl (C=O) groups is 2. The fourth-order valence-corrected chi connectivity index (χ4v) is 3.58. The Balaban J connectivity index is 1.31. The summed E-state index contributed by atoms with van der Waals surface area (Å²) in [5.74, 6) is 1.49. The molecule has 2 aromatic carbocycles. The third kappa shape index (κ3) is 4.17. The molecule has 0 radical (unpaired) electrons. The van der Waals surface area contributed by atoms with Crippen molar-refractivity contribution in [3.8, 4) is 11.5 Å². The van der Waals surface area contributed by atoms with Gasteiger partial charge >= 0.3 is 0 Å². The van der Waals surface area contributed by atoms with Gasteiger partial charge in [0.15, 0.2) is 0 Å². The van der Waals surface area contributed by atoms with Crippen molar-refractivity contribution in [2.45, 2.75) is 18.9 Å². The summed E-state index contributed by atoms with van der Waals surface area (Å²) in [4.78, 5) is 28.8. The first kappa shape index (κ1) is 18.5. The molecule has 2 heterocycles. The molecule has 2 aromatic rings. The molecule has 2 fully saturated rings. The van der Waals surface area contributed by atoms with Gasteiger partial charge in [-0.15, -0.1) is 0 Å². The lowest BCUT2D eigenvalue weighted by Crippen LogP contribution is -2.52. The van der Waals surface area contributed by atoms with Crippen LogP contribution in [0.25, 0.3) is 0 Å². The highest BCUT2D eigenvalue weighted by Gasteiger charge is 2.31. The maximum atomic E-state index is 12.8. The normalized spacial score (nSPS) is 19.5. The smallest absolute Gasteiger partial charge is 0.253 e. The molecule has 0 N–H and O–H groups in total. The van der Waals surface area contributed by atoms with Gasteiger partial charge in [-0.05, 0) is 49.2 Å². The van der Waals surface area contributed by atoms with Crippen molar-refractivity contribution in [3.63, 3.8) is 0 Å². The minimum Gasteiger partial charge on any atom is -0.457 e. The maximum Gasteiger partial charge on any atom is 0.253 e. The molecule has 146 valence electrons. The molecule has 2 saturated heterocycles. The number of para-hydroxylation sites is 1. The molecule has 0 saturated carbocycles. The molecule has 2 aliphatic rings. The summed E-state index contributed by atoms with van der Waals surface area (Å²) in [6.07, 6.45) is 1.45. The van der Waals surface area contributed by atoms with Gasteiger partial charge in [0.2, 0.25) is 0 Å². The van der Waals surface area contributed by atoms with Crippen LogP contribution in [0.5, 0.6) is 11.5 Å². The number of nitrogens with zero attached hydrogens (tertiary/aromatic N) is 2. The number of rotatable bonds is 4. The minimum absolute atomic E-state index is 0.0181. The van der Waals surface area contributed by atoms with E-state index in [1.165, 1.54) is 0 Å². The lowest BCUT2D eigenvalue weighted by atomic mass is 10.1. The fourth-order valence-electron chi connectivity index (χ4n) is 3.58. The molecule has 6 nitrogen and oxygen atoms in total. The molecule has 2 aliphatic heterocycles. The molecule has 4 rings (SSSR count). The summed E-state index contributed by atoms with van der Waals surface area (Å²) in [6.45, 7) is 2.86. The van der Waals surface area contributed by atoms with Gasteiger partial charge in [0, 0.05) is 38.3 Å². The van der Waals surface area contributed by atoms with Crippen LogP contribution in [-0.4, -0.2) is 60.5 Å². The van der Waals surface area contributed by atoms with Gasteiger partial charge in [-0.1, -0.05) is 18.2 Å². The Morgan fingerprint density at radius 1 is 0.857 bits per heavy atom. The van der Waals surface area contributed by atoms with Crippen molar-refractivity contribution in [2.24, 2.45) is 0 Å². The molecule has 2 amide bonds. The molecule has 0 unspecified atom stereocenters. The van der Waals surface area contributed by atoms with E-state index in [0.717, 1.165) is 18.6 Å². The summed E-state index contributed by atoms with van der Waals surface area (Å²) in [5, 5.41) is 0. The number of ether oxygens (including phenoxy) is 2. The molecular formula is C22H24N2O4. The second kappa shape index (κ2) is 8.44. The Bertz CT molecular complexity index is 808. The average Bonchev–Trinajstić information content (AvgIpc) is 3.29. The van der Waals surface area contributed by atoms with E-state index in [1.807, 2.05) is 35.2 Å².